The largest absolute Gasteiger partial charge is 0.330 e. The van der Waals surface area contributed by atoms with E-state index in [0.717, 1.165) is 6.07 Å². The van der Waals surface area contributed by atoms with Crippen LogP contribution in [0.25, 0.3) is 0 Å². The summed E-state index contributed by atoms with van der Waals surface area (Å²) in [5.41, 5.74) is 5.27. The summed E-state index contributed by atoms with van der Waals surface area (Å²) in [6.07, 6.45) is -1.65. The predicted octanol–water partition coefficient (Wildman–Crippen LogP) is 3.84. The van der Waals surface area contributed by atoms with Gasteiger partial charge in [0.1, 0.15) is 17.8 Å². The van der Waals surface area contributed by atoms with Crippen LogP contribution in [0, 0.1) is 23.5 Å². The van der Waals surface area contributed by atoms with Crippen LogP contribution < -0.4 is 5.73 Å². The Morgan fingerprint density at radius 2 is 1.89 bits per heavy atom. The van der Waals surface area contributed by atoms with Crippen LogP contribution in [-0.4, -0.2) is 12.7 Å². The normalized spacial score (nSPS) is 14.9. The molecule has 0 aliphatic rings. The molecule has 2 atom stereocenters. The molecule has 0 radical (unpaired) electrons. The number of benzene rings is 1. The first-order valence-corrected chi connectivity index (χ1v) is 6.64. The van der Waals surface area contributed by atoms with Gasteiger partial charge in [-0.25, -0.2) is 13.2 Å². The van der Waals surface area contributed by atoms with Crippen molar-refractivity contribution < 1.29 is 13.2 Å². The predicted molar refractivity (Wildman–Crippen MR) is 70.0 cm³/mol. The van der Waals surface area contributed by atoms with E-state index in [1.54, 1.807) is 0 Å². The van der Waals surface area contributed by atoms with Gasteiger partial charge < -0.3 is 5.73 Å². The smallest absolute Gasteiger partial charge is 0.143 e. The second-order valence-electron chi connectivity index (χ2n) is 4.69. The van der Waals surface area contributed by atoms with Crippen molar-refractivity contribution >= 4 is 15.9 Å². The lowest BCUT2D eigenvalue weighted by molar-refractivity contribution is 0.183. The molecule has 1 aromatic rings. The summed E-state index contributed by atoms with van der Waals surface area (Å²) >= 11 is 2.96. The number of halogens is 4. The highest BCUT2D eigenvalue weighted by molar-refractivity contribution is 9.10. The van der Waals surface area contributed by atoms with Crippen molar-refractivity contribution in [3.05, 3.63) is 33.8 Å². The maximum absolute atomic E-state index is 14.1. The Morgan fingerprint density at radius 3 is 2.39 bits per heavy atom. The molecule has 2 unspecified atom stereocenters. The van der Waals surface area contributed by atoms with E-state index >= 15 is 0 Å². The van der Waals surface area contributed by atoms with Crippen LogP contribution in [0.3, 0.4) is 0 Å². The molecule has 1 rings (SSSR count). The summed E-state index contributed by atoms with van der Waals surface area (Å²) < 4.78 is 41.4. The number of nitrogens with two attached hydrogens (primary N) is 1. The molecule has 0 saturated heterocycles. The molecule has 5 heteroatoms. The molecule has 1 aromatic carbocycles. The highest BCUT2D eigenvalue weighted by Crippen LogP contribution is 2.26. The lowest BCUT2D eigenvalue weighted by Crippen LogP contribution is -2.31. The molecule has 1 nitrogen and oxygen atoms in total. The molecular formula is C13H17BrF3N. The summed E-state index contributed by atoms with van der Waals surface area (Å²) in [5.74, 6) is -1.83. The maximum Gasteiger partial charge on any atom is 0.143 e. The van der Waals surface area contributed by atoms with Gasteiger partial charge in [-0.2, -0.15) is 0 Å². The van der Waals surface area contributed by atoms with Gasteiger partial charge in [0.2, 0.25) is 0 Å². The minimum Gasteiger partial charge on any atom is -0.330 e. The molecule has 18 heavy (non-hydrogen) atoms. The first-order valence-electron chi connectivity index (χ1n) is 5.85. The van der Waals surface area contributed by atoms with Gasteiger partial charge in [-0.3, -0.25) is 0 Å². The van der Waals surface area contributed by atoms with Gasteiger partial charge in [-0.1, -0.05) is 13.8 Å². The molecule has 0 aromatic heterocycles. The molecule has 0 aliphatic heterocycles. The lowest BCUT2D eigenvalue weighted by atomic mass is 9.88. The average molecular weight is 324 g/mol. The van der Waals surface area contributed by atoms with Crippen molar-refractivity contribution in [2.75, 3.05) is 6.54 Å². The highest BCUT2D eigenvalue weighted by atomic mass is 79.9. The standard InChI is InChI=1S/C13H17BrF3N/c1-7(2)9(6-18)12(16)5-8-11(15)4-3-10(14)13(8)17/h3-4,7,9,12H,5-6,18H2,1-2H3. The summed E-state index contributed by atoms with van der Waals surface area (Å²) in [4.78, 5) is 0. The number of hydrogen-bond donors (Lipinski definition) is 1. The molecule has 0 saturated carbocycles. The van der Waals surface area contributed by atoms with Gasteiger partial charge in [-0.05, 0) is 40.5 Å². The van der Waals surface area contributed by atoms with E-state index in [9.17, 15) is 13.2 Å². The Kier molecular flexibility index (Phi) is 5.66. The van der Waals surface area contributed by atoms with Crippen LogP contribution in [0.2, 0.25) is 0 Å². The van der Waals surface area contributed by atoms with Crippen molar-refractivity contribution in [2.24, 2.45) is 17.6 Å². The molecule has 0 aliphatic carbocycles. The molecule has 2 N–H and O–H groups in total. The van der Waals surface area contributed by atoms with Crippen molar-refractivity contribution in [3.63, 3.8) is 0 Å². The van der Waals surface area contributed by atoms with E-state index in [1.807, 2.05) is 13.8 Å². The highest BCUT2D eigenvalue weighted by Gasteiger charge is 2.26. The van der Waals surface area contributed by atoms with E-state index in [4.69, 9.17) is 5.73 Å². The molecule has 0 fully saturated rings. The third kappa shape index (κ3) is 3.48. The zero-order chi connectivity index (χ0) is 13.9. The molecular weight excluding hydrogens is 307 g/mol. The summed E-state index contributed by atoms with van der Waals surface area (Å²) in [6, 6.07) is 2.40. The Balaban J connectivity index is 2.94. The molecule has 0 spiro atoms. The number of hydrogen-bond acceptors (Lipinski definition) is 1. The van der Waals surface area contributed by atoms with Crippen molar-refractivity contribution in [1.82, 2.24) is 0 Å². The maximum atomic E-state index is 14.1. The molecule has 0 heterocycles. The second-order valence-corrected chi connectivity index (χ2v) is 5.54. The molecule has 0 amide bonds. The van der Waals surface area contributed by atoms with Crippen molar-refractivity contribution in [3.8, 4) is 0 Å². The fourth-order valence-corrected chi connectivity index (χ4v) is 2.31. The quantitative estimate of drug-likeness (QED) is 0.818. The van der Waals surface area contributed by atoms with Crippen LogP contribution in [0.4, 0.5) is 13.2 Å². The fraction of sp³-hybridized carbons (Fsp3) is 0.538. The topological polar surface area (TPSA) is 26.0 Å². The van der Waals surface area contributed by atoms with Crippen LogP contribution in [0.5, 0.6) is 0 Å². The Hall–Kier alpha value is -0.550. The van der Waals surface area contributed by atoms with Crippen LogP contribution in [0.15, 0.2) is 16.6 Å². The minimum absolute atomic E-state index is 0.0308. The lowest BCUT2D eigenvalue weighted by Gasteiger charge is -2.23. The summed E-state index contributed by atoms with van der Waals surface area (Å²) in [7, 11) is 0. The van der Waals surface area contributed by atoms with Crippen LogP contribution in [-0.2, 0) is 6.42 Å². The Morgan fingerprint density at radius 1 is 1.28 bits per heavy atom. The first kappa shape index (κ1) is 15.5. The van der Waals surface area contributed by atoms with E-state index in [0.29, 0.717) is 0 Å². The first-order chi connectivity index (χ1) is 8.38. The monoisotopic (exact) mass is 323 g/mol. The molecule has 102 valence electrons. The van der Waals surface area contributed by atoms with E-state index in [2.05, 4.69) is 15.9 Å². The Bertz CT molecular complexity index is 409. The van der Waals surface area contributed by atoms with Gasteiger partial charge in [0.25, 0.3) is 0 Å². The van der Waals surface area contributed by atoms with Gasteiger partial charge >= 0.3 is 0 Å². The number of rotatable bonds is 5. The average Bonchev–Trinajstić information content (AvgIpc) is 2.30. The fourth-order valence-electron chi connectivity index (χ4n) is 1.94. The zero-order valence-corrected chi connectivity index (χ0v) is 12.0. The summed E-state index contributed by atoms with van der Waals surface area (Å²) in [5, 5.41) is 0. The van der Waals surface area contributed by atoms with Crippen molar-refractivity contribution in [1.29, 1.82) is 0 Å². The van der Waals surface area contributed by atoms with Gasteiger partial charge in [0.15, 0.2) is 0 Å². The van der Waals surface area contributed by atoms with Gasteiger partial charge in [0, 0.05) is 17.9 Å². The van der Waals surface area contributed by atoms with Crippen LogP contribution >= 0.6 is 15.9 Å². The minimum atomic E-state index is -1.35. The van der Waals surface area contributed by atoms with Gasteiger partial charge in [-0.15, -0.1) is 0 Å². The van der Waals surface area contributed by atoms with E-state index in [-0.39, 0.29) is 28.9 Å². The second kappa shape index (κ2) is 6.57. The van der Waals surface area contributed by atoms with Crippen molar-refractivity contribution in [2.45, 2.75) is 26.4 Å². The van der Waals surface area contributed by atoms with E-state index in [1.165, 1.54) is 6.07 Å². The third-order valence-electron chi connectivity index (χ3n) is 3.13. The number of alkyl halides is 1. The van der Waals surface area contributed by atoms with E-state index < -0.39 is 23.7 Å². The summed E-state index contributed by atoms with van der Waals surface area (Å²) in [6.45, 7) is 3.85. The zero-order valence-electron chi connectivity index (χ0n) is 10.4. The van der Waals surface area contributed by atoms with Crippen LogP contribution in [0.1, 0.15) is 19.4 Å². The SMILES string of the molecule is CC(C)C(CN)C(F)Cc1c(F)ccc(Br)c1F. The van der Waals surface area contributed by atoms with Gasteiger partial charge in [0.05, 0.1) is 4.47 Å². The third-order valence-corrected chi connectivity index (χ3v) is 3.74. The molecule has 0 bridgehead atoms. The Labute approximate surface area is 114 Å².